The Morgan fingerprint density at radius 1 is 1.13 bits per heavy atom. The van der Waals surface area contributed by atoms with E-state index in [2.05, 4.69) is 31.1 Å². The molecular weight excluding hydrogens is 380 g/mol. The van der Waals surface area contributed by atoms with Crippen LogP contribution in [-0.2, 0) is 17.7 Å². The minimum Gasteiger partial charge on any atom is -0.398 e. The number of nitrogen functional groups attached to an aromatic ring is 1. The Morgan fingerprint density at radius 3 is 2.93 bits per heavy atom. The van der Waals surface area contributed by atoms with Gasteiger partial charge >= 0.3 is 0 Å². The van der Waals surface area contributed by atoms with Crippen molar-refractivity contribution >= 4 is 33.3 Å². The number of fused-ring (bicyclic) bond motifs is 6. The number of aryl methyl sites for hydroxylation is 2. The Bertz CT molecular complexity index is 1330. The predicted molar refractivity (Wildman–Crippen MR) is 114 cm³/mol. The van der Waals surface area contributed by atoms with Crippen LogP contribution < -0.4 is 5.73 Å². The molecule has 30 heavy (non-hydrogen) atoms. The van der Waals surface area contributed by atoms with Crippen molar-refractivity contribution in [2.24, 2.45) is 0 Å². The van der Waals surface area contributed by atoms with Crippen LogP contribution in [0.2, 0.25) is 0 Å². The number of imidazole rings is 1. The van der Waals surface area contributed by atoms with Crippen LogP contribution >= 0.6 is 0 Å². The van der Waals surface area contributed by atoms with Gasteiger partial charge in [0, 0.05) is 36.6 Å². The van der Waals surface area contributed by atoms with Gasteiger partial charge in [0.15, 0.2) is 0 Å². The minimum atomic E-state index is 0.587. The second-order valence-corrected chi connectivity index (χ2v) is 7.24. The number of nitrogens with zero attached hydrogens (tertiary/aromatic N) is 7. The van der Waals surface area contributed by atoms with Crippen molar-refractivity contribution in [1.82, 2.24) is 34.6 Å². The highest BCUT2D eigenvalue weighted by molar-refractivity contribution is 6.13. The Hall–Kier alpha value is -3.59. The molecule has 5 rings (SSSR count). The summed E-state index contributed by atoms with van der Waals surface area (Å²) in [5.74, 6) is 0.879. The Morgan fingerprint density at radius 2 is 2.07 bits per heavy atom. The zero-order valence-electron chi connectivity index (χ0n) is 16.7. The molecule has 0 saturated carbocycles. The van der Waals surface area contributed by atoms with Gasteiger partial charge in [-0.05, 0) is 54.0 Å². The molecule has 0 amide bonds. The summed E-state index contributed by atoms with van der Waals surface area (Å²) in [5.41, 5.74) is 11.4. The molecular formula is C21H22N8O. The van der Waals surface area contributed by atoms with Gasteiger partial charge in [0.25, 0.3) is 0 Å². The summed E-state index contributed by atoms with van der Waals surface area (Å²) in [6.07, 6.45) is 5.60. The molecule has 0 unspecified atom stereocenters. The van der Waals surface area contributed by atoms with Crippen LogP contribution in [0.25, 0.3) is 27.6 Å². The first-order valence-electron chi connectivity index (χ1n) is 9.96. The molecule has 152 valence electrons. The molecule has 0 aliphatic heterocycles. The third kappa shape index (κ3) is 3.13. The van der Waals surface area contributed by atoms with Gasteiger partial charge < -0.3 is 15.0 Å². The van der Waals surface area contributed by atoms with E-state index in [0.29, 0.717) is 31.1 Å². The number of tetrazole rings is 1. The maximum absolute atomic E-state index is 6.35. The van der Waals surface area contributed by atoms with Crippen molar-refractivity contribution in [1.29, 1.82) is 0 Å². The molecule has 0 saturated heterocycles. The SMILES string of the molecule is Cc1nc2c(c3c(N)cccc3n3nnnc23)n1CCOCCCc1cccnc1. The first-order valence-corrected chi connectivity index (χ1v) is 9.96. The normalized spacial score (nSPS) is 11.8. The number of nitrogens with two attached hydrogens (primary N) is 1. The molecule has 9 heteroatoms. The summed E-state index contributed by atoms with van der Waals surface area (Å²) in [7, 11) is 0. The summed E-state index contributed by atoms with van der Waals surface area (Å²) in [5, 5.41) is 13.0. The summed E-state index contributed by atoms with van der Waals surface area (Å²) in [4.78, 5) is 8.89. The van der Waals surface area contributed by atoms with Crippen molar-refractivity contribution in [3.8, 4) is 0 Å². The van der Waals surface area contributed by atoms with Gasteiger partial charge in [-0.1, -0.05) is 12.1 Å². The molecule has 0 atom stereocenters. The van der Waals surface area contributed by atoms with E-state index in [-0.39, 0.29) is 0 Å². The maximum Gasteiger partial charge on any atom is 0.207 e. The van der Waals surface area contributed by atoms with E-state index in [1.54, 1.807) is 10.7 Å². The largest absolute Gasteiger partial charge is 0.398 e. The van der Waals surface area contributed by atoms with Crippen LogP contribution in [-0.4, -0.2) is 47.8 Å². The molecule has 0 aliphatic carbocycles. The van der Waals surface area contributed by atoms with E-state index in [1.807, 2.05) is 37.4 Å². The number of anilines is 1. The zero-order chi connectivity index (χ0) is 20.5. The van der Waals surface area contributed by atoms with Crippen LogP contribution in [0.3, 0.4) is 0 Å². The number of rotatable bonds is 7. The fourth-order valence-electron chi connectivity index (χ4n) is 3.92. The minimum absolute atomic E-state index is 0.587. The molecule has 4 aromatic heterocycles. The summed E-state index contributed by atoms with van der Waals surface area (Å²) in [6, 6.07) is 9.81. The molecule has 0 aliphatic rings. The van der Waals surface area contributed by atoms with Crippen LogP contribution in [0.5, 0.6) is 0 Å². The molecule has 9 nitrogen and oxygen atoms in total. The second-order valence-electron chi connectivity index (χ2n) is 7.24. The van der Waals surface area contributed by atoms with Gasteiger partial charge in [-0.2, -0.15) is 4.52 Å². The van der Waals surface area contributed by atoms with Crippen molar-refractivity contribution in [2.45, 2.75) is 26.3 Å². The van der Waals surface area contributed by atoms with Crippen LogP contribution in [0.15, 0.2) is 42.7 Å². The predicted octanol–water partition coefficient (Wildman–Crippen LogP) is 2.56. The lowest BCUT2D eigenvalue weighted by molar-refractivity contribution is 0.124. The summed E-state index contributed by atoms with van der Waals surface area (Å²) >= 11 is 0. The zero-order valence-corrected chi connectivity index (χ0v) is 16.7. The van der Waals surface area contributed by atoms with Gasteiger partial charge in [-0.25, -0.2) is 4.98 Å². The van der Waals surface area contributed by atoms with E-state index >= 15 is 0 Å². The van der Waals surface area contributed by atoms with E-state index in [9.17, 15) is 0 Å². The number of hydrogen-bond donors (Lipinski definition) is 1. The molecule has 0 spiro atoms. The third-order valence-corrected chi connectivity index (χ3v) is 5.32. The van der Waals surface area contributed by atoms with Gasteiger partial charge in [-0.3, -0.25) is 4.98 Å². The molecule has 0 fully saturated rings. The van der Waals surface area contributed by atoms with E-state index in [1.165, 1.54) is 5.56 Å². The summed E-state index contributed by atoms with van der Waals surface area (Å²) < 4.78 is 9.74. The number of aromatic nitrogens is 7. The highest BCUT2D eigenvalue weighted by atomic mass is 16.5. The average Bonchev–Trinajstić information content (AvgIpc) is 3.37. The Labute approximate surface area is 172 Å². The number of ether oxygens (including phenoxy) is 1. The fraction of sp³-hybridized carbons (Fsp3) is 0.286. The lowest BCUT2D eigenvalue weighted by Crippen LogP contribution is -2.09. The lowest BCUT2D eigenvalue weighted by atomic mass is 10.1. The number of benzene rings is 1. The molecule has 5 aromatic rings. The second kappa shape index (κ2) is 7.68. The van der Waals surface area contributed by atoms with Crippen molar-refractivity contribution < 1.29 is 4.74 Å². The van der Waals surface area contributed by atoms with Crippen LogP contribution in [0.4, 0.5) is 5.69 Å². The maximum atomic E-state index is 6.35. The highest BCUT2D eigenvalue weighted by Gasteiger charge is 2.19. The lowest BCUT2D eigenvalue weighted by Gasteiger charge is -2.11. The van der Waals surface area contributed by atoms with Crippen molar-refractivity contribution in [3.63, 3.8) is 0 Å². The smallest absolute Gasteiger partial charge is 0.207 e. The number of pyridine rings is 2. The van der Waals surface area contributed by atoms with Crippen LogP contribution in [0, 0.1) is 6.92 Å². The Kier molecular flexibility index (Phi) is 4.72. The topological polar surface area (TPSA) is 109 Å². The van der Waals surface area contributed by atoms with E-state index < -0.39 is 0 Å². The summed E-state index contributed by atoms with van der Waals surface area (Å²) in [6.45, 7) is 3.94. The highest BCUT2D eigenvalue weighted by Crippen LogP contribution is 2.32. The van der Waals surface area contributed by atoms with Gasteiger partial charge in [-0.15, -0.1) is 5.10 Å². The molecule has 4 heterocycles. The van der Waals surface area contributed by atoms with E-state index in [4.69, 9.17) is 15.5 Å². The first-order chi connectivity index (χ1) is 14.7. The molecule has 2 N–H and O–H groups in total. The molecule has 0 radical (unpaired) electrons. The van der Waals surface area contributed by atoms with Crippen molar-refractivity contribution in [3.05, 3.63) is 54.1 Å². The Balaban J connectivity index is 1.39. The first kappa shape index (κ1) is 18.4. The van der Waals surface area contributed by atoms with Gasteiger partial charge in [0.05, 0.1) is 17.6 Å². The van der Waals surface area contributed by atoms with Gasteiger partial charge in [0.2, 0.25) is 5.65 Å². The quantitative estimate of drug-likeness (QED) is 0.329. The van der Waals surface area contributed by atoms with Crippen molar-refractivity contribution in [2.75, 3.05) is 18.9 Å². The van der Waals surface area contributed by atoms with Crippen LogP contribution in [0.1, 0.15) is 17.8 Å². The number of hydrogen-bond acceptors (Lipinski definition) is 7. The van der Waals surface area contributed by atoms with Gasteiger partial charge in [0.1, 0.15) is 11.3 Å². The standard InChI is InChI=1S/C21H22N8O/c1-14-24-19-20(18-16(22)7-2-8-17(18)29-21(19)25-26-27-29)28(14)10-12-30-11-4-6-15-5-3-9-23-13-15/h2-3,5,7-9,13H,4,6,10-12,22H2,1H3. The monoisotopic (exact) mass is 402 g/mol. The third-order valence-electron chi connectivity index (χ3n) is 5.32. The molecule has 1 aromatic carbocycles. The molecule has 0 bridgehead atoms. The van der Waals surface area contributed by atoms with E-state index in [0.717, 1.165) is 40.6 Å². The average molecular weight is 402 g/mol. The fourth-order valence-corrected chi connectivity index (χ4v) is 3.92.